The average molecular weight is 355 g/mol. The molecule has 0 radical (unpaired) electrons. The number of rotatable bonds is 5. The number of hydrogen-bond donors (Lipinski definition) is 1. The molecule has 7 nitrogen and oxygen atoms in total. The predicted molar refractivity (Wildman–Crippen MR) is 94.0 cm³/mol. The molecule has 1 N–H and O–H groups in total. The van der Waals surface area contributed by atoms with Gasteiger partial charge in [0.1, 0.15) is 11.7 Å². The molecule has 0 aliphatic carbocycles. The van der Waals surface area contributed by atoms with Crippen molar-refractivity contribution in [3.05, 3.63) is 46.8 Å². The first-order valence-electron chi connectivity index (χ1n) is 8.84. The summed E-state index contributed by atoms with van der Waals surface area (Å²) in [6.45, 7) is 5.02. The van der Waals surface area contributed by atoms with Gasteiger partial charge < -0.3 is 19.0 Å². The van der Waals surface area contributed by atoms with Gasteiger partial charge in [0.2, 0.25) is 0 Å². The summed E-state index contributed by atoms with van der Waals surface area (Å²) in [5.41, 5.74) is 2.67. The number of carbonyl (C=O) groups is 1. The van der Waals surface area contributed by atoms with Crippen LogP contribution in [-0.2, 0) is 11.2 Å². The Hall–Kier alpha value is -2.67. The van der Waals surface area contributed by atoms with Crippen LogP contribution in [0.3, 0.4) is 0 Å². The number of nitrogens with zero attached hydrogens (tertiary/aromatic N) is 2. The van der Waals surface area contributed by atoms with Crippen LogP contribution in [0.25, 0.3) is 11.0 Å². The van der Waals surface area contributed by atoms with Crippen molar-refractivity contribution in [2.75, 3.05) is 13.2 Å². The van der Waals surface area contributed by atoms with Crippen LogP contribution in [0.15, 0.2) is 27.1 Å². The van der Waals surface area contributed by atoms with E-state index in [0.717, 1.165) is 41.5 Å². The molecule has 2 aromatic heterocycles. The third-order valence-electron chi connectivity index (χ3n) is 4.62. The van der Waals surface area contributed by atoms with Crippen molar-refractivity contribution >= 4 is 16.9 Å². The topological polar surface area (TPSA) is 90.4 Å². The number of aryl methyl sites for hydroxylation is 2. The van der Waals surface area contributed by atoms with Crippen LogP contribution in [0.1, 0.15) is 52.3 Å². The van der Waals surface area contributed by atoms with Crippen LogP contribution in [0, 0.1) is 13.8 Å². The molecule has 1 aliphatic rings. The molecule has 1 atom stereocenters. The Labute approximate surface area is 150 Å². The van der Waals surface area contributed by atoms with Crippen LogP contribution in [-0.4, -0.2) is 29.2 Å². The Kier molecular flexibility index (Phi) is 4.46. The van der Waals surface area contributed by atoms with E-state index < -0.39 is 0 Å². The second kappa shape index (κ2) is 6.92. The zero-order chi connectivity index (χ0) is 18.1. The molecule has 0 spiro atoms. The first kappa shape index (κ1) is 16.8. The highest BCUT2D eigenvalue weighted by atomic mass is 16.5. The van der Waals surface area contributed by atoms with Gasteiger partial charge in [-0.3, -0.25) is 4.79 Å². The smallest absolute Gasteiger partial charge is 0.287 e. The lowest BCUT2D eigenvalue weighted by Gasteiger charge is -2.02. The minimum absolute atomic E-state index is 0.0903. The minimum atomic E-state index is -0.237. The van der Waals surface area contributed by atoms with E-state index in [0.29, 0.717) is 30.4 Å². The average Bonchev–Trinajstić information content (AvgIpc) is 3.35. The van der Waals surface area contributed by atoms with Crippen molar-refractivity contribution < 1.29 is 18.5 Å². The molecule has 1 aromatic carbocycles. The maximum atomic E-state index is 12.4. The van der Waals surface area contributed by atoms with E-state index in [1.165, 1.54) is 0 Å². The van der Waals surface area contributed by atoms with Gasteiger partial charge in [0.15, 0.2) is 11.6 Å². The predicted octanol–water partition coefficient (Wildman–Crippen LogP) is 3.26. The molecule has 1 saturated heterocycles. The Morgan fingerprint density at radius 3 is 3.04 bits per heavy atom. The van der Waals surface area contributed by atoms with Gasteiger partial charge in [-0.25, -0.2) is 0 Å². The van der Waals surface area contributed by atoms with Gasteiger partial charge in [-0.15, -0.1) is 0 Å². The highest BCUT2D eigenvalue weighted by Gasteiger charge is 2.24. The maximum absolute atomic E-state index is 12.4. The highest BCUT2D eigenvalue weighted by Crippen LogP contribution is 2.27. The normalized spacial score (nSPS) is 17.1. The van der Waals surface area contributed by atoms with Gasteiger partial charge in [-0.05, 0) is 38.3 Å². The fraction of sp³-hybridized carbons (Fsp3) is 0.421. The van der Waals surface area contributed by atoms with Gasteiger partial charge >= 0.3 is 0 Å². The zero-order valence-electron chi connectivity index (χ0n) is 14.9. The monoisotopic (exact) mass is 355 g/mol. The SMILES string of the molecule is Cc1ccc2c(C)c(C(=O)NCCc3noc(C4CCCO4)n3)oc2c1. The number of nitrogens with one attached hydrogen (secondary N) is 1. The lowest BCUT2D eigenvalue weighted by Crippen LogP contribution is -2.26. The Morgan fingerprint density at radius 1 is 1.35 bits per heavy atom. The molecule has 0 bridgehead atoms. The summed E-state index contributed by atoms with van der Waals surface area (Å²) in [6.07, 6.45) is 2.31. The number of aromatic nitrogens is 2. The first-order valence-corrected chi connectivity index (χ1v) is 8.84. The van der Waals surface area contributed by atoms with Crippen molar-refractivity contribution in [2.45, 2.75) is 39.2 Å². The number of benzene rings is 1. The van der Waals surface area contributed by atoms with Gasteiger partial charge in [0, 0.05) is 30.5 Å². The van der Waals surface area contributed by atoms with E-state index in [9.17, 15) is 4.79 Å². The van der Waals surface area contributed by atoms with E-state index in [4.69, 9.17) is 13.7 Å². The largest absolute Gasteiger partial charge is 0.451 e. The Morgan fingerprint density at radius 2 is 2.23 bits per heavy atom. The molecular weight excluding hydrogens is 334 g/mol. The molecule has 1 unspecified atom stereocenters. The summed E-state index contributed by atoms with van der Waals surface area (Å²) in [5, 5.41) is 7.77. The molecule has 0 saturated carbocycles. The second-order valence-electron chi connectivity index (χ2n) is 6.61. The number of furan rings is 1. The van der Waals surface area contributed by atoms with E-state index >= 15 is 0 Å². The van der Waals surface area contributed by atoms with Crippen LogP contribution in [0.2, 0.25) is 0 Å². The molecule has 3 aromatic rings. The summed E-state index contributed by atoms with van der Waals surface area (Å²) >= 11 is 0. The molecule has 1 fully saturated rings. The van der Waals surface area contributed by atoms with Gasteiger partial charge in [0.05, 0.1) is 0 Å². The molecule has 136 valence electrons. The van der Waals surface area contributed by atoms with Crippen molar-refractivity contribution in [1.82, 2.24) is 15.5 Å². The minimum Gasteiger partial charge on any atom is -0.451 e. The first-order chi connectivity index (χ1) is 12.6. The van der Waals surface area contributed by atoms with Crippen molar-refractivity contribution in [2.24, 2.45) is 0 Å². The van der Waals surface area contributed by atoms with E-state index in [1.807, 2.05) is 32.0 Å². The number of amides is 1. The number of fused-ring (bicyclic) bond motifs is 1. The highest BCUT2D eigenvalue weighted by molar-refractivity contribution is 5.99. The number of carbonyl (C=O) groups excluding carboxylic acids is 1. The summed E-state index contributed by atoms with van der Waals surface area (Å²) in [4.78, 5) is 16.8. The van der Waals surface area contributed by atoms with Crippen molar-refractivity contribution in [3.8, 4) is 0 Å². The number of hydrogen-bond acceptors (Lipinski definition) is 6. The van der Waals surface area contributed by atoms with E-state index in [1.54, 1.807) is 0 Å². The summed E-state index contributed by atoms with van der Waals surface area (Å²) in [7, 11) is 0. The van der Waals surface area contributed by atoms with Crippen LogP contribution >= 0.6 is 0 Å². The van der Waals surface area contributed by atoms with Crippen LogP contribution in [0.4, 0.5) is 0 Å². The molecule has 4 rings (SSSR count). The second-order valence-corrected chi connectivity index (χ2v) is 6.61. The summed E-state index contributed by atoms with van der Waals surface area (Å²) < 4.78 is 16.5. The molecule has 1 amide bonds. The Bertz CT molecular complexity index is 938. The summed E-state index contributed by atoms with van der Waals surface area (Å²) in [6, 6.07) is 5.92. The fourth-order valence-corrected chi connectivity index (χ4v) is 3.19. The Balaban J connectivity index is 1.37. The lowest BCUT2D eigenvalue weighted by molar-refractivity contribution is 0.0835. The van der Waals surface area contributed by atoms with E-state index in [2.05, 4.69) is 15.5 Å². The lowest BCUT2D eigenvalue weighted by atomic mass is 10.1. The van der Waals surface area contributed by atoms with Crippen LogP contribution < -0.4 is 5.32 Å². The van der Waals surface area contributed by atoms with Gasteiger partial charge in [-0.2, -0.15) is 4.98 Å². The van der Waals surface area contributed by atoms with E-state index in [-0.39, 0.29) is 12.0 Å². The quantitative estimate of drug-likeness (QED) is 0.755. The molecule has 26 heavy (non-hydrogen) atoms. The third kappa shape index (κ3) is 3.22. The molecular formula is C19H21N3O4. The van der Waals surface area contributed by atoms with Crippen LogP contribution in [0.5, 0.6) is 0 Å². The van der Waals surface area contributed by atoms with Crippen molar-refractivity contribution in [1.29, 1.82) is 0 Å². The number of ether oxygens (including phenoxy) is 1. The van der Waals surface area contributed by atoms with Gasteiger partial charge in [0.25, 0.3) is 11.8 Å². The van der Waals surface area contributed by atoms with Crippen molar-refractivity contribution in [3.63, 3.8) is 0 Å². The fourth-order valence-electron chi connectivity index (χ4n) is 3.19. The maximum Gasteiger partial charge on any atom is 0.287 e. The molecule has 1 aliphatic heterocycles. The molecule has 3 heterocycles. The van der Waals surface area contributed by atoms with Gasteiger partial charge in [-0.1, -0.05) is 17.3 Å². The molecule has 7 heteroatoms. The summed E-state index contributed by atoms with van der Waals surface area (Å²) in [5.74, 6) is 1.19. The standard InChI is InChI=1S/C19H21N3O4/c1-11-5-6-13-12(2)17(25-15(13)10-11)18(23)20-8-7-16-21-19(26-22-16)14-4-3-9-24-14/h5-6,10,14H,3-4,7-9H2,1-2H3,(H,20,23). The zero-order valence-corrected chi connectivity index (χ0v) is 14.9. The third-order valence-corrected chi connectivity index (χ3v) is 4.62.